The Morgan fingerprint density at radius 3 is 2.86 bits per heavy atom. The molecule has 1 aliphatic heterocycles. The molecule has 0 saturated carbocycles. The monoisotopic (exact) mass is 297 g/mol. The van der Waals surface area contributed by atoms with Crippen LogP contribution in [0.25, 0.3) is 0 Å². The minimum atomic E-state index is -0.353. The van der Waals surface area contributed by atoms with Crippen LogP contribution >= 0.6 is 0 Å². The SMILES string of the molecule is CCOC(=O)c1cncc(Nc2ccc3c(c2)CN(C)C3)c1. The van der Waals surface area contributed by atoms with Gasteiger partial charge < -0.3 is 10.1 Å². The molecule has 2 aromatic rings. The molecule has 114 valence electrons. The molecular formula is C17H19N3O2. The fraction of sp³-hybridized carbons (Fsp3) is 0.294. The summed E-state index contributed by atoms with van der Waals surface area (Å²) in [5, 5.41) is 3.30. The average Bonchev–Trinajstić information content (AvgIpc) is 2.87. The summed E-state index contributed by atoms with van der Waals surface area (Å²) < 4.78 is 4.99. The Hall–Kier alpha value is -2.40. The van der Waals surface area contributed by atoms with E-state index >= 15 is 0 Å². The van der Waals surface area contributed by atoms with Gasteiger partial charge in [0, 0.05) is 25.0 Å². The van der Waals surface area contributed by atoms with E-state index < -0.39 is 0 Å². The van der Waals surface area contributed by atoms with E-state index in [0.29, 0.717) is 12.2 Å². The number of nitrogens with zero attached hydrogens (tertiary/aromatic N) is 2. The number of nitrogens with one attached hydrogen (secondary N) is 1. The first-order valence-corrected chi connectivity index (χ1v) is 7.35. The van der Waals surface area contributed by atoms with Crippen LogP contribution in [0.3, 0.4) is 0 Å². The van der Waals surface area contributed by atoms with Crippen molar-refractivity contribution in [2.45, 2.75) is 20.0 Å². The number of pyridine rings is 1. The Balaban J connectivity index is 1.78. The molecule has 0 aliphatic carbocycles. The maximum absolute atomic E-state index is 11.7. The number of ether oxygens (including phenoxy) is 1. The van der Waals surface area contributed by atoms with Gasteiger partial charge in [-0.2, -0.15) is 0 Å². The van der Waals surface area contributed by atoms with Crippen molar-refractivity contribution >= 4 is 17.3 Å². The molecule has 22 heavy (non-hydrogen) atoms. The second-order valence-corrected chi connectivity index (χ2v) is 5.46. The first-order valence-electron chi connectivity index (χ1n) is 7.35. The van der Waals surface area contributed by atoms with Crippen LogP contribution in [0.2, 0.25) is 0 Å². The van der Waals surface area contributed by atoms with Crippen LogP contribution in [-0.2, 0) is 17.8 Å². The van der Waals surface area contributed by atoms with E-state index in [1.165, 1.54) is 17.3 Å². The van der Waals surface area contributed by atoms with Crippen LogP contribution in [0.5, 0.6) is 0 Å². The molecule has 0 amide bonds. The van der Waals surface area contributed by atoms with Gasteiger partial charge in [0.15, 0.2) is 0 Å². The fourth-order valence-corrected chi connectivity index (χ4v) is 2.64. The van der Waals surface area contributed by atoms with Crippen LogP contribution in [0.4, 0.5) is 11.4 Å². The van der Waals surface area contributed by atoms with Crippen molar-refractivity contribution in [2.75, 3.05) is 19.0 Å². The van der Waals surface area contributed by atoms with E-state index in [9.17, 15) is 4.79 Å². The second-order valence-electron chi connectivity index (χ2n) is 5.46. The van der Waals surface area contributed by atoms with Crippen LogP contribution < -0.4 is 5.32 Å². The summed E-state index contributed by atoms with van der Waals surface area (Å²) >= 11 is 0. The molecule has 3 rings (SSSR count). The second kappa shape index (κ2) is 6.15. The number of esters is 1. The van der Waals surface area contributed by atoms with Gasteiger partial charge in [0.1, 0.15) is 0 Å². The van der Waals surface area contributed by atoms with Crippen molar-refractivity contribution in [3.8, 4) is 0 Å². The summed E-state index contributed by atoms with van der Waals surface area (Å²) in [6.07, 6.45) is 3.21. The van der Waals surface area contributed by atoms with Crippen molar-refractivity contribution in [1.82, 2.24) is 9.88 Å². The quantitative estimate of drug-likeness (QED) is 0.879. The van der Waals surface area contributed by atoms with Gasteiger partial charge in [-0.15, -0.1) is 0 Å². The molecule has 0 spiro atoms. The molecule has 0 unspecified atom stereocenters. The zero-order valence-electron chi connectivity index (χ0n) is 12.8. The number of benzene rings is 1. The van der Waals surface area contributed by atoms with E-state index in [2.05, 4.69) is 40.4 Å². The molecule has 0 radical (unpaired) electrons. The summed E-state index contributed by atoms with van der Waals surface area (Å²) in [6, 6.07) is 8.10. The molecule has 1 N–H and O–H groups in total. The molecule has 2 heterocycles. The molecule has 1 aromatic carbocycles. The molecule has 1 aliphatic rings. The van der Waals surface area contributed by atoms with Gasteiger partial charge in [0.2, 0.25) is 0 Å². The number of carbonyl (C=O) groups is 1. The Labute approximate surface area is 129 Å². The van der Waals surface area contributed by atoms with Gasteiger partial charge in [0.25, 0.3) is 0 Å². The topological polar surface area (TPSA) is 54.5 Å². The predicted octanol–water partition coefficient (Wildman–Crippen LogP) is 2.95. The molecule has 5 nitrogen and oxygen atoms in total. The third kappa shape index (κ3) is 3.09. The summed E-state index contributed by atoms with van der Waals surface area (Å²) in [7, 11) is 2.11. The normalized spacial score (nSPS) is 13.7. The highest BCUT2D eigenvalue weighted by molar-refractivity contribution is 5.90. The van der Waals surface area contributed by atoms with Gasteiger partial charge in [-0.3, -0.25) is 9.88 Å². The van der Waals surface area contributed by atoms with Crippen LogP contribution in [0.1, 0.15) is 28.4 Å². The van der Waals surface area contributed by atoms with E-state index in [1.54, 1.807) is 19.2 Å². The van der Waals surface area contributed by atoms with E-state index in [0.717, 1.165) is 24.5 Å². The van der Waals surface area contributed by atoms with Crippen molar-refractivity contribution in [3.63, 3.8) is 0 Å². The lowest BCUT2D eigenvalue weighted by molar-refractivity contribution is 0.0526. The maximum atomic E-state index is 11.7. The van der Waals surface area contributed by atoms with Crippen LogP contribution in [0, 0.1) is 0 Å². The number of aromatic nitrogens is 1. The molecule has 0 bridgehead atoms. The van der Waals surface area contributed by atoms with E-state index in [4.69, 9.17) is 4.74 Å². The number of anilines is 2. The average molecular weight is 297 g/mol. The number of rotatable bonds is 4. The van der Waals surface area contributed by atoms with Crippen LogP contribution in [-0.4, -0.2) is 29.5 Å². The zero-order valence-corrected chi connectivity index (χ0v) is 12.8. The van der Waals surface area contributed by atoms with E-state index in [-0.39, 0.29) is 5.97 Å². The van der Waals surface area contributed by atoms with Crippen LogP contribution in [0.15, 0.2) is 36.7 Å². The minimum Gasteiger partial charge on any atom is -0.462 e. The Kier molecular flexibility index (Phi) is 4.06. The van der Waals surface area contributed by atoms with Gasteiger partial charge in [0.05, 0.1) is 24.1 Å². The van der Waals surface area contributed by atoms with Crippen molar-refractivity contribution < 1.29 is 9.53 Å². The standard InChI is InChI=1S/C17H19N3O2/c1-3-22-17(21)13-6-16(9-18-8-13)19-15-5-4-12-10-20(2)11-14(12)7-15/h4-9,19H,3,10-11H2,1-2H3. The zero-order chi connectivity index (χ0) is 15.5. The fourth-order valence-electron chi connectivity index (χ4n) is 2.64. The molecule has 0 fully saturated rings. The minimum absolute atomic E-state index is 0.353. The van der Waals surface area contributed by atoms with Gasteiger partial charge in [-0.05, 0) is 43.3 Å². The third-order valence-electron chi connectivity index (χ3n) is 3.62. The van der Waals surface area contributed by atoms with Crippen molar-refractivity contribution in [2.24, 2.45) is 0 Å². The first-order chi connectivity index (χ1) is 10.7. The summed E-state index contributed by atoms with van der Waals surface area (Å²) in [5.41, 5.74) is 4.93. The Morgan fingerprint density at radius 2 is 2.05 bits per heavy atom. The maximum Gasteiger partial charge on any atom is 0.339 e. The number of carbonyl (C=O) groups excluding carboxylic acids is 1. The highest BCUT2D eigenvalue weighted by Crippen LogP contribution is 2.26. The molecule has 1 aromatic heterocycles. The highest BCUT2D eigenvalue weighted by atomic mass is 16.5. The number of fused-ring (bicyclic) bond motifs is 1. The first kappa shape index (κ1) is 14.5. The lowest BCUT2D eigenvalue weighted by Crippen LogP contribution is -2.07. The van der Waals surface area contributed by atoms with Crippen molar-refractivity contribution in [3.05, 3.63) is 53.3 Å². The highest BCUT2D eigenvalue weighted by Gasteiger charge is 2.15. The smallest absolute Gasteiger partial charge is 0.339 e. The van der Waals surface area contributed by atoms with Gasteiger partial charge >= 0.3 is 5.97 Å². The summed E-state index contributed by atoms with van der Waals surface area (Å²) in [6.45, 7) is 4.10. The third-order valence-corrected chi connectivity index (χ3v) is 3.62. The predicted molar refractivity (Wildman–Crippen MR) is 85.1 cm³/mol. The Morgan fingerprint density at radius 1 is 1.23 bits per heavy atom. The van der Waals surface area contributed by atoms with Gasteiger partial charge in [-0.1, -0.05) is 6.07 Å². The largest absolute Gasteiger partial charge is 0.462 e. The Bertz CT molecular complexity index is 700. The number of hydrogen-bond acceptors (Lipinski definition) is 5. The van der Waals surface area contributed by atoms with Gasteiger partial charge in [-0.25, -0.2) is 4.79 Å². The van der Waals surface area contributed by atoms with Crippen molar-refractivity contribution in [1.29, 1.82) is 0 Å². The summed E-state index contributed by atoms with van der Waals surface area (Å²) in [5.74, 6) is -0.353. The molecular weight excluding hydrogens is 278 g/mol. The summed E-state index contributed by atoms with van der Waals surface area (Å²) in [4.78, 5) is 18.1. The molecule has 0 atom stereocenters. The molecule has 5 heteroatoms. The lowest BCUT2D eigenvalue weighted by atomic mass is 10.1. The number of hydrogen-bond donors (Lipinski definition) is 1. The molecule has 0 saturated heterocycles. The van der Waals surface area contributed by atoms with E-state index in [1.807, 2.05) is 0 Å². The lowest BCUT2D eigenvalue weighted by Gasteiger charge is -2.09.